The van der Waals surface area contributed by atoms with Crippen LogP contribution in [0.3, 0.4) is 0 Å². The van der Waals surface area contributed by atoms with E-state index in [9.17, 15) is 0 Å². The Morgan fingerprint density at radius 1 is 1.47 bits per heavy atom. The summed E-state index contributed by atoms with van der Waals surface area (Å²) in [6.07, 6.45) is 2.70. The van der Waals surface area contributed by atoms with Gasteiger partial charge in [0, 0.05) is 19.7 Å². The molecule has 1 atom stereocenters. The summed E-state index contributed by atoms with van der Waals surface area (Å²) in [5.41, 5.74) is 1.86. The van der Waals surface area contributed by atoms with Crippen LogP contribution in [0.2, 0.25) is 0 Å². The number of ether oxygens (including phenoxy) is 1. The highest BCUT2D eigenvalue weighted by Crippen LogP contribution is 2.15. The van der Waals surface area contributed by atoms with Crippen molar-refractivity contribution in [2.75, 3.05) is 20.2 Å². The molecule has 0 spiro atoms. The standard InChI is InChI=1S/C14H18N2O/c1-16(11-14-7-4-8-17-14)10-13-6-3-2-5-12(13)9-15/h2-3,5-6,14H,4,7-8,10-11H2,1H3. The van der Waals surface area contributed by atoms with E-state index in [0.717, 1.165) is 37.2 Å². The van der Waals surface area contributed by atoms with Crippen LogP contribution in [0.15, 0.2) is 24.3 Å². The van der Waals surface area contributed by atoms with Crippen molar-refractivity contribution in [2.45, 2.75) is 25.5 Å². The lowest BCUT2D eigenvalue weighted by atomic mass is 10.1. The maximum atomic E-state index is 9.02. The second-order valence-corrected chi connectivity index (χ2v) is 4.60. The summed E-state index contributed by atoms with van der Waals surface area (Å²) in [4.78, 5) is 2.23. The first-order chi connectivity index (χ1) is 8.29. The molecule has 1 aliphatic rings. The van der Waals surface area contributed by atoms with Crippen LogP contribution in [-0.4, -0.2) is 31.2 Å². The zero-order chi connectivity index (χ0) is 12.1. The summed E-state index contributed by atoms with van der Waals surface area (Å²) in [7, 11) is 2.08. The molecule has 0 N–H and O–H groups in total. The molecular weight excluding hydrogens is 212 g/mol. The van der Waals surface area contributed by atoms with E-state index in [1.165, 1.54) is 6.42 Å². The van der Waals surface area contributed by atoms with Crippen LogP contribution in [-0.2, 0) is 11.3 Å². The van der Waals surface area contributed by atoms with Gasteiger partial charge in [-0.1, -0.05) is 18.2 Å². The zero-order valence-corrected chi connectivity index (χ0v) is 10.2. The first-order valence-corrected chi connectivity index (χ1v) is 6.08. The fourth-order valence-corrected chi connectivity index (χ4v) is 2.26. The number of hydrogen-bond donors (Lipinski definition) is 0. The van der Waals surface area contributed by atoms with Gasteiger partial charge in [0.15, 0.2) is 0 Å². The Balaban J connectivity index is 1.93. The molecule has 90 valence electrons. The van der Waals surface area contributed by atoms with E-state index in [1.807, 2.05) is 24.3 Å². The number of rotatable bonds is 4. The molecular formula is C14H18N2O. The first kappa shape index (κ1) is 12.1. The summed E-state index contributed by atoms with van der Waals surface area (Å²) in [5.74, 6) is 0. The topological polar surface area (TPSA) is 36.3 Å². The van der Waals surface area contributed by atoms with E-state index in [4.69, 9.17) is 10.00 Å². The molecule has 1 unspecified atom stereocenters. The van der Waals surface area contributed by atoms with E-state index in [1.54, 1.807) is 0 Å². The van der Waals surface area contributed by atoms with E-state index >= 15 is 0 Å². The van der Waals surface area contributed by atoms with Crippen LogP contribution in [0, 0.1) is 11.3 Å². The average molecular weight is 230 g/mol. The third kappa shape index (κ3) is 3.29. The molecule has 1 aromatic carbocycles. The number of likely N-dealkylation sites (N-methyl/N-ethyl adjacent to an activating group) is 1. The Labute approximate surface area is 103 Å². The molecule has 0 aromatic heterocycles. The predicted molar refractivity (Wildman–Crippen MR) is 66.5 cm³/mol. The number of nitriles is 1. The highest BCUT2D eigenvalue weighted by atomic mass is 16.5. The molecule has 1 fully saturated rings. The molecule has 1 aromatic rings. The SMILES string of the molecule is CN(Cc1ccccc1C#N)CC1CCCO1. The van der Waals surface area contributed by atoms with Crippen LogP contribution < -0.4 is 0 Å². The van der Waals surface area contributed by atoms with Crippen molar-refractivity contribution in [3.8, 4) is 6.07 Å². The summed E-state index contributed by atoms with van der Waals surface area (Å²) < 4.78 is 5.61. The van der Waals surface area contributed by atoms with Gasteiger partial charge in [0.25, 0.3) is 0 Å². The molecule has 0 bridgehead atoms. The molecule has 0 aliphatic carbocycles. The first-order valence-electron chi connectivity index (χ1n) is 6.08. The summed E-state index contributed by atoms with van der Waals surface area (Å²) >= 11 is 0. The van der Waals surface area contributed by atoms with Crippen molar-refractivity contribution in [1.29, 1.82) is 5.26 Å². The van der Waals surface area contributed by atoms with Gasteiger partial charge < -0.3 is 4.74 Å². The van der Waals surface area contributed by atoms with E-state index in [0.29, 0.717) is 6.10 Å². The summed E-state index contributed by atoms with van der Waals surface area (Å²) in [6, 6.07) is 10.0. The van der Waals surface area contributed by atoms with Gasteiger partial charge in [0.1, 0.15) is 0 Å². The van der Waals surface area contributed by atoms with Gasteiger partial charge >= 0.3 is 0 Å². The Kier molecular flexibility index (Phi) is 4.13. The Bertz CT molecular complexity index is 405. The highest BCUT2D eigenvalue weighted by Gasteiger charge is 2.17. The number of benzene rings is 1. The normalized spacial score (nSPS) is 19.5. The molecule has 0 amide bonds. The Morgan fingerprint density at radius 2 is 2.29 bits per heavy atom. The Hall–Kier alpha value is -1.37. The fourth-order valence-electron chi connectivity index (χ4n) is 2.26. The quantitative estimate of drug-likeness (QED) is 0.795. The number of hydrogen-bond acceptors (Lipinski definition) is 3. The van der Waals surface area contributed by atoms with Crippen LogP contribution in [0.5, 0.6) is 0 Å². The molecule has 3 heteroatoms. The molecule has 17 heavy (non-hydrogen) atoms. The highest BCUT2D eigenvalue weighted by molar-refractivity contribution is 5.37. The average Bonchev–Trinajstić information content (AvgIpc) is 2.82. The molecule has 1 saturated heterocycles. The van der Waals surface area contributed by atoms with Crippen LogP contribution >= 0.6 is 0 Å². The molecule has 0 radical (unpaired) electrons. The number of nitrogens with zero attached hydrogens (tertiary/aromatic N) is 2. The van der Waals surface area contributed by atoms with Crippen molar-refractivity contribution >= 4 is 0 Å². The molecule has 3 nitrogen and oxygen atoms in total. The van der Waals surface area contributed by atoms with Crippen molar-refractivity contribution in [1.82, 2.24) is 4.90 Å². The minimum atomic E-state index is 0.370. The second kappa shape index (κ2) is 5.81. The maximum Gasteiger partial charge on any atom is 0.0995 e. The smallest absolute Gasteiger partial charge is 0.0995 e. The largest absolute Gasteiger partial charge is 0.377 e. The van der Waals surface area contributed by atoms with E-state index < -0.39 is 0 Å². The zero-order valence-electron chi connectivity index (χ0n) is 10.2. The van der Waals surface area contributed by atoms with Gasteiger partial charge in [-0.2, -0.15) is 5.26 Å². The van der Waals surface area contributed by atoms with Crippen LogP contribution in [0.25, 0.3) is 0 Å². The monoisotopic (exact) mass is 230 g/mol. The van der Waals surface area contributed by atoms with Gasteiger partial charge in [-0.3, -0.25) is 4.90 Å². The minimum Gasteiger partial charge on any atom is -0.377 e. The maximum absolute atomic E-state index is 9.02. The Morgan fingerprint density at radius 3 is 3.00 bits per heavy atom. The van der Waals surface area contributed by atoms with Gasteiger partial charge in [-0.15, -0.1) is 0 Å². The van der Waals surface area contributed by atoms with Gasteiger partial charge in [-0.05, 0) is 31.5 Å². The third-order valence-corrected chi connectivity index (χ3v) is 3.12. The third-order valence-electron chi connectivity index (χ3n) is 3.12. The molecule has 0 saturated carbocycles. The summed E-state index contributed by atoms with van der Waals surface area (Å²) in [6.45, 7) is 2.65. The molecule has 1 heterocycles. The van der Waals surface area contributed by atoms with Gasteiger partial charge in [0.2, 0.25) is 0 Å². The molecule has 2 rings (SSSR count). The van der Waals surface area contributed by atoms with Gasteiger partial charge in [-0.25, -0.2) is 0 Å². The predicted octanol–water partition coefficient (Wildman–Crippen LogP) is 2.17. The summed E-state index contributed by atoms with van der Waals surface area (Å²) in [5, 5.41) is 9.02. The minimum absolute atomic E-state index is 0.370. The fraction of sp³-hybridized carbons (Fsp3) is 0.500. The lowest BCUT2D eigenvalue weighted by Crippen LogP contribution is -2.28. The van der Waals surface area contributed by atoms with Crippen molar-refractivity contribution < 1.29 is 4.74 Å². The van der Waals surface area contributed by atoms with Crippen LogP contribution in [0.4, 0.5) is 0 Å². The lowest BCUT2D eigenvalue weighted by Gasteiger charge is -2.20. The van der Waals surface area contributed by atoms with Crippen molar-refractivity contribution in [3.05, 3.63) is 35.4 Å². The van der Waals surface area contributed by atoms with Crippen molar-refractivity contribution in [2.24, 2.45) is 0 Å². The van der Waals surface area contributed by atoms with Gasteiger partial charge in [0.05, 0.1) is 17.7 Å². The van der Waals surface area contributed by atoms with E-state index in [-0.39, 0.29) is 0 Å². The van der Waals surface area contributed by atoms with Crippen LogP contribution in [0.1, 0.15) is 24.0 Å². The molecule has 1 aliphatic heterocycles. The van der Waals surface area contributed by atoms with E-state index in [2.05, 4.69) is 18.0 Å². The second-order valence-electron chi connectivity index (χ2n) is 4.60. The van der Waals surface area contributed by atoms with Crippen molar-refractivity contribution in [3.63, 3.8) is 0 Å². The lowest BCUT2D eigenvalue weighted by molar-refractivity contribution is 0.0793.